The number of halogens is 3. The molecule has 23 heavy (non-hydrogen) atoms. The Kier molecular flexibility index (Phi) is 4.33. The number of carboxylic acid groups (broad SMARTS) is 1. The molecule has 0 aliphatic rings. The first-order valence-corrected chi connectivity index (χ1v) is 7.43. The van der Waals surface area contributed by atoms with Gasteiger partial charge in [0, 0.05) is 0 Å². The van der Waals surface area contributed by atoms with Crippen LogP contribution in [0.25, 0.3) is 0 Å². The molecular formula is C14H8F3O5S-. The van der Waals surface area contributed by atoms with Crippen molar-refractivity contribution in [2.45, 2.75) is 11.1 Å². The molecule has 0 radical (unpaired) electrons. The molecule has 0 aliphatic carbocycles. The molecule has 5 nitrogen and oxygen atoms in total. The second-order valence-electron chi connectivity index (χ2n) is 4.37. The molecule has 0 saturated carbocycles. The van der Waals surface area contributed by atoms with Gasteiger partial charge in [-0.05, 0) is 48.0 Å². The van der Waals surface area contributed by atoms with Crippen LogP contribution >= 0.6 is 0 Å². The number of carbonyl (C=O) groups is 1. The summed E-state index contributed by atoms with van der Waals surface area (Å²) in [7, 11) is -4.49. The lowest BCUT2D eigenvalue weighted by Gasteiger charge is -2.10. The van der Waals surface area contributed by atoms with E-state index in [1.165, 1.54) is 0 Å². The van der Waals surface area contributed by atoms with E-state index in [-0.39, 0.29) is 11.3 Å². The van der Waals surface area contributed by atoms with Gasteiger partial charge in [-0.25, -0.2) is 0 Å². The van der Waals surface area contributed by atoms with Crippen LogP contribution in [0, 0.1) is 0 Å². The number of carbonyl (C=O) groups excluding carboxylic acids is 1. The molecule has 2 aromatic carbocycles. The molecule has 0 spiro atoms. The van der Waals surface area contributed by atoms with Gasteiger partial charge in [-0.1, -0.05) is 6.07 Å². The first-order chi connectivity index (χ1) is 10.6. The lowest BCUT2D eigenvalue weighted by Crippen LogP contribution is -2.22. The maximum atomic E-state index is 12.6. The van der Waals surface area contributed by atoms with Crippen molar-refractivity contribution in [1.82, 2.24) is 0 Å². The number of hydrogen-bond donors (Lipinski definition) is 0. The maximum Gasteiger partial charge on any atom is 0.416 e. The van der Waals surface area contributed by atoms with E-state index in [0.29, 0.717) is 6.07 Å². The topological polar surface area (TPSA) is 83.5 Å². The minimum absolute atomic E-state index is 0.200. The molecule has 0 bridgehead atoms. The highest BCUT2D eigenvalue weighted by Crippen LogP contribution is 2.31. The van der Waals surface area contributed by atoms with Crippen LogP contribution in [0.5, 0.6) is 5.75 Å². The highest BCUT2D eigenvalue weighted by Gasteiger charge is 2.32. The SMILES string of the molecule is O=C([O-])c1ccc(OS(=O)(=O)c2cccc(C(F)(F)F)c2)cc1. The van der Waals surface area contributed by atoms with Gasteiger partial charge in [0.1, 0.15) is 10.6 Å². The van der Waals surface area contributed by atoms with Crippen molar-refractivity contribution in [2.24, 2.45) is 0 Å². The minimum Gasteiger partial charge on any atom is -0.545 e. The molecule has 0 heterocycles. The molecule has 0 N–H and O–H groups in total. The van der Waals surface area contributed by atoms with E-state index in [1.807, 2.05) is 0 Å². The fourth-order valence-corrected chi connectivity index (χ4v) is 2.63. The Balaban J connectivity index is 2.30. The van der Waals surface area contributed by atoms with Gasteiger partial charge in [-0.15, -0.1) is 0 Å². The quantitative estimate of drug-likeness (QED) is 0.790. The molecule has 122 valence electrons. The lowest BCUT2D eigenvalue weighted by molar-refractivity contribution is -0.255. The zero-order valence-corrected chi connectivity index (χ0v) is 12.0. The number of benzene rings is 2. The summed E-state index contributed by atoms with van der Waals surface area (Å²) in [4.78, 5) is 9.90. The molecule has 0 aliphatic heterocycles. The monoisotopic (exact) mass is 345 g/mol. The van der Waals surface area contributed by atoms with Crippen molar-refractivity contribution in [3.63, 3.8) is 0 Å². The van der Waals surface area contributed by atoms with Crippen LogP contribution in [0.1, 0.15) is 15.9 Å². The third-order valence-electron chi connectivity index (χ3n) is 2.75. The Hall–Kier alpha value is -2.55. The number of hydrogen-bond acceptors (Lipinski definition) is 5. The number of alkyl halides is 3. The second-order valence-corrected chi connectivity index (χ2v) is 5.92. The normalized spacial score (nSPS) is 12.0. The van der Waals surface area contributed by atoms with Crippen LogP contribution in [0.2, 0.25) is 0 Å². The lowest BCUT2D eigenvalue weighted by atomic mass is 10.2. The minimum atomic E-state index is -4.69. The van der Waals surface area contributed by atoms with Gasteiger partial charge >= 0.3 is 16.3 Å². The highest BCUT2D eigenvalue weighted by molar-refractivity contribution is 7.87. The summed E-state index contributed by atoms with van der Waals surface area (Å²) in [6.07, 6.45) is -4.69. The summed E-state index contributed by atoms with van der Waals surface area (Å²) in [5.41, 5.74) is -1.33. The standard InChI is InChI=1S/C14H9F3O5S/c15-14(16,17)10-2-1-3-12(8-10)23(20,21)22-11-6-4-9(5-7-11)13(18)19/h1-8H,(H,18,19)/p-1. The Morgan fingerprint density at radius 1 is 1.04 bits per heavy atom. The van der Waals surface area contributed by atoms with Crippen LogP contribution < -0.4 is 9.29 Å². The highest BCUT2D eigenvalue weighted by atomic mass is 32.2. The van der Waals surface area contributed by atoms with Crippen molar-refractivity contribution >= 4 is 16.1 Å². The van der Waals surface area contributed by atoms with E-state index >= 15 is 0 Å². The van der Waals surface area contributed by atoms with Gasteiger partial charge in [0.05, 0.1) is 11.5 Å². The van der Waals surface area contributed by atoms with Gasteiger partial charge in [-0.3, -0.25) is 0 Å². The van der Waals surface area contributed by atoms with Crippen molar-refractivity contribution in [3.05, 3.63) is 59.7 Å². The van der Waals surface area contributed by atoms with Gasteiger partial charge in [0.15, 0.2) is 0 Å². The van der Waals surface area contributed by atoms with Crippen LogP contribution in [-0.2, 0) is 16.3 Å². The Labute approximate surface area is 129 Å². The molecule has 0 fully saturated rings. The predicted octanol–water partition coefficient (Wildman–Crippen LogP) is 1.84. The second kappa shape index (κ2) is 5.92. The van der Waals surface area contributed by atoms with E-state index < -0.39 is 32.7 Å². The Bertz CT molecular complexity index is 826. The summed E-state index contributed by atoms with van der Waals surface area (Å²) in [6.45, 7) is 0. The fraction of sp³-hybridized carbons (Fsp3) is 0.0714. The number of rotatable bonds is 4. The third kappa shape index (κ3) is 4.01. The third-order valence-corrected chi connectivity index (χ3v) is 3.99. The predicted molar refractivity (Wildman–Crippen MR) is 70.0 cm³/mol. The maximum absolute atomic E-state index is 12.6. The first-order valence-electron chi connectivity index (χ1n) is 6.03. The first kappa shape index (κ1) is 16.8. The number of carboxylic acids is 1. The Morgan fingerprint density at radius 2 is 1.65 bits per heavy atom. The summed E-state index contributed by atoms with van der Waals surface area (Å²) >= 11 is 0. The fourth-order valence-electron chi connectivity index (χ4n) is 1.65. The van der Waals surface area contributed by atoms with Gasteiger partial charge in [0.25, 0.3) is 0 Å². The Morgan fingerprint density at radius 3 is 2.17 bits per heavy atom. The summed E-state index contributed by atoms with van der Waals surface area (Å²) in [5, 5.41) is 10.6. The zero-order chi connectivity index (χ0) is 17.3. The van der Waals surface area contributed by atoms with Crippen molar-refractivity contribution < 1.29 is 35.7 Å². The average molecular weight is 345 g/mol. The van der Waals surface area contributed by atoms with Crippen LogP contribution in [0.4, 0.5) is 13.2 Å². The largest absolute Gasteiger partial charge is 0.545 e. The summed E-state index contributed by atoms with van der Waals surface area (Å²) in [6, 6.07) is 7.28. The van der Waals surface area contributed by atoms with Crippen molar-refractivity contribution in [3.8, 4) is 5.75 Å². The van der Waals surface area contributed by atoms with Crippen molar-refractivity contribution in [2.75, 3.05) is 0 Å². The van der Waals surface area contributed by atoms with Gasteiger partial charge < -0.3 is 14.1 Å². The number of aromatic carboxylic acids is 1. The summed E-state index contributed by atoms with van der Waals surface area (Å²) in [5.74, 6) is -1.70. The van der Waals surface area contributed by atoms with E-state index in [2.05, 4.69) is 4.18 Å². The molecule has 2 rings (SSSR count). The zero-order valence-electron chi connectivity index (χ0n) is 11.2. The average Bonchev–Trinajstić information content (AvgIpc) is 2.46. The van der Waals surface area contributed by atoms with Crippen LogP contribution in [0.15, 0.2) is 53.4 Å². The van der Waals surface area contributed by atoms with E-state index in [1.54, 1.807) is 0 Å². The molecule has 0 aromatic heterocycles. The molecule has 2 aromatic rings. The smallest absolute Gasteiger partial charge is 0.416 e. The van der Waals surface area contributed by atoms with Crippen LogP contribution in [-0.4, -0.2) is 14.4 Å². The van der Waals surface area contributed by atoms with Crippen LogP contribution in [0.3, 0.4) is 0 Å². The molecular weight excluding hydrogens is 337 g/mol. The summed E-state index contributed by atoms with van der Waals surface area (Å²) < 4.78 is 66.5. The van der Waals surface area contributed by atoms with E-state index in [4.69, 9.17) is 0 Å². The van der Waals surface area contributed by atoms with E-state index in [0.717, 1.165) is 42.5 Å². The molecule has 0 saturated heterocycles. The molecule has 9 heteroatoms. The van der Waals surface area contributed by atoms with Gasteiger partial charge in [0.2, 0.25) is 0 Å². The van der Waals surface area contributed by atoms with Gasteiger partial charge in [-0.2, -0.15) is 21.6 Å². The molecule has 0 amide bonds. The van der Waals surface area contributed by atoms with E-state index in [9.17, 15) is 31.5 Å². The molecule has 0 atom stereocenters. The molecule has 0 unspecified atom stereocenters. The van der Waals surface area contributed by atoms with Crippen molar-refractivity contribution in [1.29, 1.82) is 0 Å².